The number of furan rings is 1. The van der Waals surface area contributed by atoms with E-state index in [0.29, 0.717) is 12.2 Å². The van der Waals surface area contributed by atoms with Crippen molar-refractivity contribution in [1.82, 2.24) is 4.72 Å². The summed E-state index contributed by atoms with van der Waals surface area (Å²) in [7, 11) is -3.80. The van der Waals surface area contributed by atoms with E-state index in [9.17, 15) is 13.2 Å². The second-order valence-corrected chi connectivity index (χ2v) is 7.05. The van der Waals surface area contributed by atoms with E-state index >= 15 is 0 Å². The fraction of sp³-hybridized carbons (Fsp3) is 0.500. The van der Waals surface area contributed by atoms with E-state index in [1.807, 2.05) is 13.2 Å². The van der Waals surface area contributed by atoms with Crippen LogP contribution in [-0.4, -0.2) is 37.5 Å². The Morgan fingerprint density at radius 1 is 1.63 bits per heavy atom. The lowest BCUT2D eigenvalue weighted by atomic mass is 10.3. The molecule has 1 unspecified atom stereocenters. The number of carboxylic acid groups (broad SMARTS) is 1. The first kappa shape index (κ1) is 16.5. The Kier molecular flexibility index (Phi) is 5.90. The van der Waals surface area contributed by atoms with Gasteiger partial charge >= 0.3 is 5.97 Å². The number of aromatic carboxylic acids is 1. The van der Waals surface area contributed by atoms with Crippen molar-refractivity contribution >= 4 is 43.7 Å². The summed E-state index contributed by atoms with van der Waals surface area (Å²) >= 11 is 4.45. The van der Waals surface area contributed by atoms with Crippen molar-refractivity contribution in [2.75, 3.05) is 12.0 Å². The molecule has 0 fully saturated rings. The van der Waals surface area contributed by atoms with Gasteiger partial charge in [-0.15, -0.1) is 0 Å². The van der Waals surface area contributed by atoms with Gasteiger partial charge < -0.3 is 9.52 Å². The number of halogens is 1. The van der Waals surface area contributed by atoms with E-state index in [1.54, 1.807) is 0 Å². The van der Waals surface area contributed by atoms with E-state index in [4.69, 9.17) is 9.52 Å². The van der Waals surface area contributed by atoms with Crippen LogP contribution in [0, 0.1) is 0 Å². The van der Waals surface area contributed by atoms with Crippen molar-refractivity contribution < 1.29 is 22.7 Å². The Morgan fingerprint density at radius 3 is 2.68 bits per heavy atom. The smallest absolute Gasteiger partial charge is 0.371 e. The van der Waals surface area contributed by atoms with E-state index in [1.165, 1.54) is 11.8 Å². The van der Waals surface area contributed by atoms with Gasteiger partial charge in [-0.3, -0.25) is 0 Å². The third-order valence-electron chi connectivity index (χ3n) is 2.34. The van der Waals surface area contributed by atoms with Crippen LogP contribution in [-0.2, 0) is 10.0 Å². The van der Waals surface area contributed by atoms with Gasteiger partial charge in [0.15, 0.2) is 4.67 Å². The van der Waals surface area contributed by atoms with Crippen molar-refractivity contribution in [3.63, 3.8) is 0 Å². The molecule has 6 nitrogen and oxygen atoms in total. The van der Waals surface area contributed by atoms with Crippen LogP contribution >= 0.6 is 27.7 Å². The van der Waals surface area contributed by atoms with E-state index in [-0.39, 0.29) is 15.6 Å². The average Bonchev–Trinajstić information content (AvgIpc) is 2.71. The number of rotatable bonds is 7. The van der Waals surface area contributed by atoms with Crippen LogP contribution in [0.5, 0.6) is 0 Å². The highest BCUT2D eigenvalue weighted by molar-refractivity contribution is 9.10. The van der Waals surface area contributed by atoms with Gasteiger partial charge in [0.05, 0.1) is 0 Å². The number of carbonyl (C=O) groups is 1. The molecule has 0 aliphatic heterocycles. The second-order valence-electron chi connectivity index (χ2n) is 3.74. The van der Waals surface area contributed by atoms with Crippen LogP contribution in [0.15, 0.2) is 20.0 Å². The van der Waals surface area contributed by atoms with Gasteiger partial charge in [0.1, 0.15) is 4.90 Å². The normalized spacial score (nSPS) is 13.4. The van der Waals surface area contributed by atoms with Crippen molar-refractivity contribution in [3.8, 4) is 0 Å². The van der Waals surface area contributed by atoms with Crippen LogP contribution in [0.3, 0.4) is 0 Å². The maximum atomic E-state index is 12.1. The molecule has 1 heterocycles. The molecule has 9 heteroatoms. The average molecular weight is 372 g/mol. The molecule has 1 rings (SSSR count). The predicted octanol–water partition coefficient (Wildman–Crippen LogP) is 2.16. The molecule has 0 aromatic carbocycles. The molecule has 0 bridgehead atoms. The highest BCUT2D eigenvalue weighted by Crippen LogP contribution is 2.26. The quantitative estimate of drug-likeness (QED) is 0.762. The summed E-state index contributed by atoms with van der Waals surface area (Å²) < 4.78 is 31.5. The first-order valence-electron chi connectivity index (χ1n) is 5.35. The lowest BCUT2D eigenvalue weighted by Gasteiger charge is -2.15. The van der Waals surface area contributed by atoms with Crippen molar-refractivity contribution in [1.29, 1.82) is 0 Å². The molecule has 19 heavy (non-hydrogen) atoms. The summed E-state index contributed by atoms with van der Waals surface area (Å²) in [6.07, 6.45) is 2.52. The molecule has 108 valence electrons. The fourth-order valence-corrected chi connectivity index (χ4v) is 4.45. The summed E-state index contributed by atoms with van der Waals surface area (Å²) in [5, 5.41) is 8.77. The monoisotopic (exact) mass is 371 g/mol. The molecule has 0 spiro atoms. The van der Waals surface area contributed by atoms with Gasteiger partial charge in [0.25, 0.3) is 0 Å². The van der Waals surface area contributed by atoms with Crippen LogP contribution in [0.2, 0.25) is 0 Å². The minimum atomic E-state index is -3.80. The minimum Gasteiger partial charge on any atom is -0.475 e. The Hall–Kier alpha value is -0.510. The third kappa shape index (κ3) is 4.23. The summed E-state index contributed by atoms with van der Waals surface area (Å²) in [5.74, 6) is -1.11. The highest BCUT2D eigenvalue weighted by atomic mass is 79.9. The second kappa shape index (κ2) is 6.78. The summed E-state index contributed by atoms with van der Waals surface area (Å²) in [4.78, 5) is 10.5. The Bertz CT molecular complexity index is 554. The Balaban J connectivity index is 3.03. The number of hydrogen-bond donors (Lipinski definition) is 2. The highest BCUT2D eigenvalue weighted by Gasteiger charge is 2.26. The van der Waals surface area contributed by atoms with Crippen LogP contribution < -0.4 is 4.72 Å². The zero-order valence-corrected chi connectivity index (χ0v) is 13.6. The fourth-order valence-electron chi connectivity index (χ4n) is 1.36. The molecule has 0 aliphatic carbocycles. The molecule has 0 saturated heterocycles. The molecule has 1 aromatic rings. The van der Waals surface area contributed by atoms with Gasteiger partial charge in [0, 0.05) is 17.9 Å². The molecule has 0 saturated carbocycles. The number of nitrogens with one attached hydrogen (secondary N) is 1. The molecule has 0 radical (unpaired) electrons. The summed E-state index contributed by atoms with van der Waals surface area (Å²) in [5.41, 5.74) is 0. The topological polar surface area (TPSA) is 96.6 Å². The SMILES string of the molecule is CCC(CSC)NS(=O)(=O)c1cc(C(=O)O)oc1Br. The van der Waals surface area contributed by atoms with Crippen molar-refractivity contribution in [3.05, 3.63) is 16.5 Å². The summed E-state index contributed by atoms with van der Waals surface area (Å²) in [6.45, 7) is 1.87. The van der Waals surface area contributed by atoms with Crippen LogP contribution in [0.1, 0.15) is 23.9 Å². The molecule has 0 aliphatic rings. The Morgan fingerprint density at radius 2 is 2.26 bits per heavy atom. The number of carboxylic acids is 1. The lowest BCUT2D eigenvalue weighted by molar-refractivity contribution is 0.0661. The van der Waals surface area contributed by atoms with Crippen LogP contribution in [0.4, 0.5) is 0 Å². The van der Waals surface area contributed by atoms with Crippen LogP contribution in [0.25, 0.3) is 0 Å². The van der Waals surface area contributed by atoms with Gasteiger partial charge in [0.2, 0.25) is 15.8 Å². The molecule has 2 N–H and O–H groups in total. The summed E-state index contributed by atoms with van der Waals surface area (Å²) in [6, 6.07) is 0.774. The zero-order valence-electron chi connectivity index (χ0n) is 10.3. The molecule has 1 atom stereocenters. The first-order chi connectivity index (χ1) is 8.81. The van der Waals surface area contributed by atoms with Crippen molar-refractivity contribution in [2.24, 2.45) is 0 Å². The lowest BCUT2D eigenvalue weighted by Crippen LogP contribution is -2.36. The Labute approximate surface area is 124 Å². The molecule has 0 amide bonds. The number of sulfonamides is 1. The molecule has 1 aromatic heterocycles. The van der Waals surface area contributed by atoms with Gasteiger partial charge in [-0.25, -0.2) is 17.9 Å². The first-order valence-corrected chi connectivity index (χ1v) is 9.02. The van der Waals surface area contributed by atoms with Gasteiger partial charge in [-0.05, 0) is 28.6 Å². The van der Waals surface area contributed by atoms with Gasteiger partial charge in [-0.1, -0.05) is 6.92 Å². The van der Waals surface area contributed by atoms with E-state index < -0.39 is 21.8 Å². The van der Waals surface area contributed by atoms with E-state index in [0.717, 1.165) is 6.07 Å². The maximum absolute atomic E-state index is 12.1. The largest absolute Gasteiger partial charge is 0.475 e. The number of thioether (sulfide) groups is 1. The predicted molar refractivity (Wildman–Crippen MR) is 76.1 cm³/mol. The zero-order chi connectivity index (χ0) is 14.6. The molecular formula is C10H14BrNO5S2. The maximum Gasteiger partial charge on any atom is 0.371 e. The third-order valence-corrected chi connectivity index (χ3v) is 5.45. The van der Waals surface area contributed by atoms with E-state index in [2.05, 4.69) is 20.7 Å². The molecular weight excluding hydrogens is 358 g/mol. The standard InChI is InChI=1S/C10H14BrNO5S2/c1-3-6(5-18-2)12-19(15,16)8-4-7(10(13)14)17-9(8)11/h4,6,12H,3,5H2,1-2H3,(H,13,14). The van der Waals surface area contributed by atoms with Crippen molar-refractivity contribution in [2.45, 2.75) is 24.3 Å². The number of hydrogen-bond acceptors (Lipinski definition) is 5. The minimum absolute atomic E-state index is 0.114. The van der Waals surface area contributed by atoms with Gasteiger partial charge in [-0.2, -0.15) is 11.8 Å².